The van der Waals surface area contributed by atoms with Gasteiger partial charge < -0.3 is 11.1 Å². The van der Waals surface area contributed by atoms with Gasteiger partial charge >= 0.3 is 0 Å². The van der Waals surface area contributed by atoms with Crippen molar-refractivity contribution in [3.63, 3.8) is 0 Å². The minimum atomic E-state index is 0.693. The lowest BCUT2D eigenvalue weighted by molar-refractivity contribution is 1.11. The normalized spacial score (nSPS) is 10.7. The van der Waals surface area contributed by atoms with E-state index in [-0.39, 0.29) is 0 Å². The first-order valence-electron chi connectivity index (χ1n) is 6.66. The third-order valence-electron chi connectivity index (χ3n) is 3.43. The summed E-state index contributed by atoms with van der Waals surface area (Å²) >= 11 is 0. The van der Waals surface area contributed by atoms with Gasteiger partial charge in [0.15, 0.2) is 0 Å². The van der Waals surface area contributed by atoms with E-state index in [1.807, 2.05) is 13.0 Å². The van der Waals surface area contributed by atoms with E-state index in [0.29, 0.717) is 5.69 Å². The Morgan fingerprint density at radius 1 is 1.10 bits per heavy atom. The maximum absolute atomic E-state index is 5.72. The van der Waals surface area contributed by atoms with Crippen molar-refractivity contribution >= 4 is 22.3 Å². The second-order valence-corrected chi connectivity index (χ2v) is 4.93. The highest BCUT2D eigenvalue weighted by Crippen LogP contribution is 2.20. The highest BCUT2D eigenvalue weighted by atomic mass is 15.0. The molecule has 1 aromatic heterocycles. The Morgan fingerprint density at radius 2 is 1.90 bits per heavy atom. The zero-order chi connectivity index (χ0) is 13.9. The summed E-state index contributed by atoms with van der Waals surface area (Å²) in [5, 5.41) is 5.91. The first-order chi connectivity index (χ1) is 9.74. The van der Waals surface area contributed by atoms with Crippen LogP contribution < -0.4 is 11.1 Å². The van der Waals surface area contributed by atoms with Crippen molar-refractivity contribution in [2.45, 2.75) is 13.5 Å². The molecule has 3 nitrogen and oxygen atoms in total. The zero-order valence-corrected chi connectivity index (χ0v) is 11.4. The quantitative estimate of drug-likeness (QED) is 0.757. The van der Waals surface area contributed by atoms with Crippen LogP contribution in [-0.4, -0.2) is 4.98 Å². The van der Waals surface area contributed by atoms with Gasteiger partial charge in [0.1, 0.15) is 5.82 Å². The number of nitrogen functional groups attached to an aromatic ring is 1. The lowest BCUT2D eigenvalue weighted by atomic mass is 10.0. The molecule has 0 aliphatic carbocycles. The molecule has 20 heavy (non-hydrogen) atoms. The molecule has 0 aliphatic rings. The van der Waals surface area contributed by atoms with Gasteiger partial charge in [-0.3, -0.25) is 0 Å². The van der Waals surface area contributed by atoms with Gasteiger partial charge in [0.05, 0.1) is 11.9 Å². The Hall–Kier alpha value is -2.55. The van der Waals surface area contributed by atoms with E-state index < -0.39 is 0 Å². The van der Waals surface area contributed by atoms with Crippen LogP contribution in [0.5, 0.6) is 0 Å². The van der Waals surface area contributed by atoms with Crippen molar-refractivity contribution in [2.24, 2.45) is 0 Å². The number of benzene rings is 2. The topological polar surface area (TPSA) is 50.9 Å². The zero-order valence-electron chi connectivity index (χ0n) is 11.4. The number of rotatable bonds is 3. The summed E-state index contributed by atoms with van der Waals surface area (Å²) in [6.45, 7) is 2.76. The third kappa shape index (κ3) is 2.43. The van der Waals surface area contributed by atoms with Gasteiger partial charge in [-0.1, -0.05) is 42.5 Å². The smallest absolute Gasteiger partial charge is 0.129 e. The van der Waals surface area contributed by atoms with Crippen LogP contribution in [0.25, 0.3) is 10.8 Å². The van der Waals surface area contributed by atoms with E-state index in [1.54, 1.807) is 6.20 Å². The number of anilines is 2. The standard InChI is InChI=1S/C17H17N3/c1-12-9-15(18)11-20-17(12)19-10-14-7-4-6-13-5-2-3-8-16(13)14/h2-9,11H,10,18H2,1H3,(H,19,20). The van der Waals surface area contributed by atoms with Crippen LogP contribution in [0.2, 0.25) is 0 Å². The lowest BCUT2D eigenvalue weighted by Gasteiger charge is -2.11. The van der Waals surface area contributed by atoms with Crippen molar-refractivity contribution < 1.29 is 0 Å². The van der Waals surface area contributed by atoms with Crippen LogP contribution in [0.4, 0.5) is 11.5 Å². The predicted molar refractivity (Wildman–Crippen MR) is 84.7 cm³/mol. The second-order valence-electron chi connectivity index (χ2n) is 4.93. The lowest BCUT2D eigenvalue weighted by Crippen LogP contribution is -2.04. The summed E-state index contributed by atoms with van der Waals surface area (Å²) in [6, 6.07) is 16.7. The Labute approximate surface area is 118 Å². The fourth-order valence-electron chi connectivity index (χ4n) is 2.41. The van der Waals surface area contributed by atoms with E-state index in [0.717, 1.165) is 17.9 Å². The van der Waals surface area contributed by atoms with E-state index in [2.05, 4.69) is 52.8 Å². The van der Waals surface area contributed by atoms with Crippen molar-refractivity contribution in [1.29, 1.82) is 0 Å². The number of fused-ring (bicyclic) bond motifs is 1. The van der Waals surface area contributed by atoms with Crippen molar-refractivity contribution in [1.82, 2.24) is 4.98 Å². The SMILES string of the molecule is Cc1cc(N)cnc1NCc1cccc2ccccc12. The van der Waals surface area contributed by atoms with E-state index in [4.69, 9.17) is 5.73 Å². The first-order valence-corrected chi connectivity index (χ1v) is 6.66. The largest absolute Gasteiger partial charge is 0.397 e. The van der Waals surface area contributed by atoms with E-state index in [9.17, 15) is 0 Å². The Kier molecular flexibility index (Phi) is 3.25. The van der Waals surface area contributed by atoms with Crippen molar-refractivity contribution in [2.75, 3.05) is 11.1 Å². The molecule has 0 bridgehead atoms. The minimum absolute atomic E-state index is 0.693. The maximum Gasteiger partial charge on any atom is 0.129 e. The fraction of sp³-hybridized carbons (Fsp3) is 0.118. The first kappa shape index (κ1) is 12.5. The molecule has 0 radical (unpaired) electrons. The molecule has 100 valence electrons. The number of hydrogen-bond donors (Lipinski definition) is 2. The molecule has 0 atom stereocenters. The molecule has 0 saturated carbocycles. The molecule has 3 rings (SSSR count). The molecule has 3 heteroatoms. The average molecular weight is 263 g/mol. The van der Waals surface area contributed by atoms with E-state index in [1.165, 1.54) is 16.3 Å². The summed E-state index contributed by atoms with van der Waals surface area (Å²) < 4.78 is 0. The summed E-state index contributed by atoms with van der Waals surface area (Å²) in [5.41, 5.74) is 8.74. The van der Waals surface area contributed by atoms with Gasteiger partial charge in [-0.05, 0) is 34.9 Å². The molecule has 1 heterocycles. The number of aromatic nitrogens is 1. The van der Waals surface area contributed by atoms with Crippen molar-refractivity contribution in [3.8, 4) is 0 Å². The number of nitrogens with two attached hydrogens (primary N) is 1. The molecule has 0 amide bonds. The molecular formula is C17H17N3. The molecular weight excluding hydrogens is 246 g/mol. The average Bonchev–Trinajstić information content (AvgIpc) is 2.46. The van der Waals surface area contributed by atoms with Gasteiger partial charge in [0.25, 0.3) is 0 Å². The van der Waals surface area contributed by atoms with Gasteiger partial charge in [0, 0.05) is 6.54 Å². The van der Waals surface area contributed by atoms with Crippen LogP contribution in [0.1, 0.15) is 11.1 Å². The van der Waals surface area contributed by atoms with Gasteiger partial charge in [-0.2, -0.15) is 0 Å². The molecule has 3 N–H and O–H groups in total. The summed E-state index contributed by atoms with van der Waals surface area (Å²) in [7, 11) is 0. The van der Waals surface area contributed by atoms with Gasteiger partial charge in [0.2, 0.25) is 0 Å². The third-order valence-corrected chi connectivity index (χ3v) is 3.43. The minimum Gasteiger partial charge on any atom is -0.397 e. The Morgan fingerprint density at radius 3 is 2.75 bits per heavy atom. The predicted octanol–water partition coefficient (Wildman–Crippen LogP) is 3.74. The monoisotopic (exact) mass is 263 g/mol. The number of nitrogens with one attached hydrogen (secondary N) is 1. The Balaban J connectivity index is 1.87. The Bertz CT molecular complexity index is 745. The van der Waals surface area contributed by atoms with Crippen LogP contribution in [0.3, 0.4) is 0 Å². The summed E-state index contributed by atoms with van der Waals surface area (Å²) in [4.78, 5) is 4.34. The van der Waals surface area contributed by atoms with Crippen LogP contribution in [0, 0.1) is 6.92 Å². The van der Waals surface area contributed by atoms with Gasteiger partial charge in [-0.25, -0.2) is 4.98 Å². The number of nitrogens with zero attached hydrogens (tertiary/aromatic N) is 1. The summed E-state index contributed by atoms with van der Waals surface area (Å²) in [5.74, 6) is 0.882. The second kappa shape index (κ2) is 5.21. The van der Waals surface area contributed by atoms with Gasteiger partial charge in [-0.15, -0.1) is 0 Å². The highest BCUT2D eigenvalue weighted by molar-refractivity contribution is 5.85. The molecule has 0 saturated heterocycles. The summed E-state index contributed by atoms with van der Waals surface area (Å²) in [6.07, 6.45) is 1.68. The highest BCUT2D eigenvalue weighted by Gasteiger charge is 2.03. The molecule has 0 spiro atoms. The fourth-order valence-corrected chi connectivity index (χ4v) is 2.41. The molecule has 0 unspecified atom stereocenters. The van der Waals surface area contributed by atoms with Crippen molar-refractivity contribution in [3.05, 3.63) is 65.9 Å². The molecule has 2 aromatic carbocycles. The van der Waals surface area contributed by atoms with E-state index >= 15 is 0 Å². The van der Waals surface area contributed by atoms with Crippen LogP contribution in [0.15, 0.2) is 54.7 Å². The number of pyridine rings is 1. The number of aryl methyl sites for hydroxylation is 1. The number of hydrogen-bond acceptors (Lipinski definition) is 3. The van der Waals surface area contributed by atoms with Crippen LogP contribution >= 0.6 is 0 Å². The molecule has 0 aliphatic heterocycles. The van der Waals surface area contributed by atoms with Crippen LogP contribution in [-0.2, 0) is 6.54 Å². The molecule has 0 fully saturated rings. The maximum atomic E-state index is 5.72. The molecule has 3 aromatic rings.